The highest BCUT2D eigenvalue weighted by Crippen LogP contribution is 2.32. The van der Waals surface area contributed by atoms with Crippen molar-refractivity contribution in [2.24, 2.45) is 0 Å². The number of aromatic amines is 1. The minimum absolute atomic E-state index is 0.0974. The lowest BCUT2D eigenvalue weighted by atomic mass is 9.96. The number of imidazole rings is 1. The molecular formula is C13H12F2N2S. The van der Waals surface area contributed by atoms with Crippen LogP contribution in [0.3, 0.4) is 0 Å². The fraction of sp³-hybridized carbons (Fsp3) is 0.308. The highest BCUT2D eigenvalue weighted by Gasteiger charge is 2.26. The number of benzene rings is 1. The monoisotopic (exact) mass is 266 g/mol. The maximum atomic E-state index is 13.2. The molecule has 5 heteroatoms. The van der Waals surface area contributed by atoms with Crippen molar-refractivity contribution in [2.75, 3.05) is 0 Å². The Morgan fingerprint density at radius 3 is 2.56 bits per heavy atom. The summed E-state index contributed by atoms with van der Waals surface area (Å²) in [6.07, 6.45) is 0.766. The van der Waals surface area contributed by atoms with Crippen molar-refractivity contribution in [1.82, 2.24) is 9.55 Å². The van der Waals surface area contributed by atoms with Crippen molar-refractivity contribution in [3.8, 4) is 0 Å². The summed E-state index contributed by atoms with van der Waals surface area (Å²) < 4.78 is 29.1. The molecule has 1 aromatic carbocycles. The van der Waals surface area contributed by atoms with E-state index in [4.69, 9.17) is 12.2 Å². The van der Waals surface area contributed by atoms with Gasteiger partial charge in [0.05, 0.1) is 0 Å². The molecule has 0 fully saturated rings. The summed E-state index contributed by atoms with van der Waals surface area (Å²) in [4.78, 5) is 3.10. The van der Waals surface area contributed by atoms with Gasteiger partial charge in [-0.05, 0) is 43.3 Å². The van der Waals surface area contributed by atoms with E-state index in [0.717, 1.165) is 23.9 Å². The molecular weight excluding hydrogens is 254 g/mol. The van der Waals surface area contributed by atoms with Crippen molar-refractivity contribution in [3.63, 3.8) is 0 Å². The molecule has 0 bridgehead atoms. The lowest BCUT2D eigenvalue weighted by molar-refractivity contribution is 0.567. The molecule has 1 unspecified atom stereocenters. The number of halogens is 2. The minimum Gasteiger partial charge on any atom is -0.335 e. The van der Waals surface area contributed by atoms with Gasteiger partial charge in [-0.15, -0.1) is 0 Å². The Hall–Kier alpha value is -1.49. The Labute approximate surface area is 108 Å². The molecule has 2 heterocycles. The lowest BCUT2D eigenvalue weighted by Crippen LogP contribution is -2.03. The van der Waals surface area contributed by atoms with E-state index >= 15 is 0 Å². The summed E-state index contributed by atoms with van der Waals surface area (Å²) in [5, 5.41) is 0. The third-order valence-corrected chi connectivity index (χ3v) is 3.82. The summed E-state index contributed by atoms with van der Waals surface area (Å²) in [6, 6.07) is 3.71. The summed E-state index contributed by atoms with van der Waals surface area (Å²) in [7, 11) is 0. The standard InChI is InChI=1S/C13H12F2N2S/c1-7-12-4-9(6-17(12)13(18)16-7)8-2-10(14)5-11(15)3-8/h2-3,5,9H,4,6H2,1H3,(H,16,18). The fourth-order valence-electron chi connectivity index (χ4n) is 2.63. The number of hydrogen-bond donors (Lipinski definition) is 1. The highest BCUT2D eigenvalue weighted by atomic mass is 32.1. The number of H-pyrrole nitrogens is 1. The van der Waals surface area contributed by atoms with E-state index in [0.29, 0.717) is 16.9 Å². The van der Waals surface area contributed by atoms with Crippen LogP contribution in [0.1, 0.15) is 22.9 Å². The molecule has 0 amide bonds. The van der Waals surface area contributed by atoms with Crippen LogP contribution in [-0.2, 0) is 13.0 Å². The van der Waals surface area contributed by atoms with Crippen molar-refractivity contribution in [1.29, 1.82) is 0 Å². The molecule has 94 valence electrons. The second-order valence-electron chi connectivity index (χ2n) is 4.72. The fourth-order valence-corrected chi connectivity index (χ4v) is 2.97. The first-order valence-corrected chi connectivity index (χ1v) is 6.19. The third kappa shape index (κ3) is 1.79. The van der Waals surface area contributed by atoms with E-state index in [-0.39, 0.29) is 5.92 Å². The molecule has 0 aliphatic carbocycles. The predicted octanol–water partition coefficient (Wildman–Crippen LogP) is 3.47. The van der Waals surface area contributed by atoms with E-state index in [2.05, 4.69) is 4.98 Å². The molecule has 1 atom stereocenters. The summed E-state index contributed by atoms with van der Waals surface area (Å²) >= 11 is 5.21. The molecule has 0 saturated carbocycles. The van der Waals surface area contributed by atoms with Crippen molar-refractivity contribution in [3.05, 3.63) is 51.6 Å². The summed E-state index contributed by atoms with van der Waals surface area (Å²) in [6.45, 7) is 2.65. The van der Waals surface area contributed by atoms with Gasteiger partial charge in [0.2, 0.25) is 0 Å². The van der Waals surface area contributed by atoms with Crippen LogP contribution in [0.5, 0.6) is 0 Å². The predicted molar refractivity (Wildman–Crippen MR) is 67.2 cm³/mol. The van der Waals surface area contributed by atoms with Crippen LogP contribution in [0.2, 0.25) is 0 Å². The summed E-state index contributed by atoms with van der Waals surface area (Å²) in [5.41, 5.74) is 2.87. The topological polar surface area (TPSA) is 20.7 Å². The zero-order valence-corrected chi connectivity index (χ0v) is 10.7. The molecule has 2 aromatic rings. The smallest absolute Gasteiger partial charge is 0.177 e. The second kappa shape index (κ2) is 4.02. The van der Waals surface area contributed by atoms with Crippen LogP contribution in [0.25, 0.3) is 0 Å². The van der Waals surface area contributed by atoms with Crippen molar-refractivity contribution in [2.45, 2.75) is 25.8 Å². The quantitative estimate of drug-likeness (QED) is 0.784. The van der Waals surface area contributed by atoms with Gasteiger partial charge in [-0.3, -0.25) is 0 Å². The Kier molecular flexibility index (Phi) is 2.59. The van der Waals surface area contributed by atoms with Crippen LogP contribution < -0.4 is 0 Å². The lowest BCUT2D eigenvalue weighted by Gasteiger charge is -2.09. The van der Waals surface area contributed by atoms with Gasteiger partial charge in [0.1, 0.15) is 11.6 Å². The maximum absolute atomic E-state index is 13.2. The normalized spacial score (nSPS) is 18.1. The van der Waals surface area contributed by atoms with Crippen LogP contribution >= 0.6 is 12.2 Å². The first kappa shape index (κ1) is 11.6. The van der Waals surface area contributed by atoms with E-state index in [1.807, 2.05) is 11.5 Å². The van der Waals surface area contributed by atoms with Gasteiger partial charge in [0.25, 0.3) is 0 Å². The van der Waals surface area contributed by atoms with Gasteiger partial charge >= 0.3 is 0 Å². The molecule has 1 aromatic heterocycles. The molecule has 3 rings (SSSR count). The van der Waals surface area contributed by atoms with Crippen molar-refractivity contribution < 1.29 is 8.78 Å². The number of aromatic nitrogens is 2. The third-order valence-electron chi connectivity index (χ3n) is 3.50. The van der Waals surface area contributed by atoms with E-state index < -0.39 is 11.6 Å². The molecule has 1 aliphatic rings. The van der Waals surface area contributed by atoms with Gasteiger partial charge in [-0.1, -0.05) is 0 Å². The largest absolute Gasteiger partial charge is 0.335 e. The van der Waals surface area contributed by atoms with E-state index in [1.165, 1.54) is 12.1 Å². The van der Waals surface area contributed by atoms with Crippen LogP contribution in [0.4, 0.5) is 8.78 Å². The first-order chi connectivity index (χ1) is 8.54. The molecule has 0 saturated heterocycles. The number of aryl methyl sites for hydroxylation is 1. The molecule has 0 radical (unpaired) electrons. The Morgan fingerprint density at radius 2 is 1.94 bits per heavy atom. The van der Waals surface area contributed by atoms with Gasteiger partial charge in [-0.25, -0.2) is 8.78 Å². The Balaban J connectivity index is 1.98. The van der Waals surface area contributed by atoms with Gasteiger partial charge in [0.15, 0.2) is 4.77 Å². The van der Waals surface area contributed by atoms with Gasteiger partial charge in [-0.2, -0.15) is 0 Å². The first-order valence-electron chi connectivity index (χ1n) is 5.79. The average molecular weight is 266 g/mol. The minimum atomic E-state index is -0.525. The van der Waals surface area contributed by atoms with E-state index in [9.17, 15) is 8.78 Å². The molecule has 2 nitrogen and oxygen atoms in total. The Bertz CT molecular complexity index is 652. The van der Waals surface area contributed by atoms with Gasteiger partial charge < -0.3 is 9.55 Å². The zero-order valence-electron chi connectivity index (χ0n) is 9.84. The molecule has 1 N–H and O–H groups in total. The molecule has 18 heavy (non-hydrogen) atoms. The number of fused-ring (bicyclic) bond motifs is 1. The molecule has 1 aliphatic heterocycles. The van der Waals surface area contributed by atoms with Crippen LogP contribution in [0.15, 0.2) is 18.2 Å². The van der Waals surface area contributed by atoms with Gasteiger partial charge in [0, 0.05) is 29.9 Å². The zero-order chi connectivity index (χ0) is 12.9. The van der Waals surface area contributed by atoms with Crippen molar-refractivity contribution >= 4 is 12.2 Å². The Morgan fingerprint density at radius 1 is 1.28 bits per heavy atom. The SMILES string of the molecule is Cc1[nH]c(=S)n2c1CC(c1cc(F)cc(F)c1)C2. The second-order valence-corrected chi connectivity index (χ2v) is 5.10. The van der Waals surface area contributed by atoms with Crippen LogP contribution in [0, 0.1) is 23.3 Å². The molecule has 0 spiro atoms. The number of nitrogens with zero attached hydrogens (tertiary/aromatic N) is 1. The highest BCUT2D eigenvalue weighted by molar-refractivity contribution is 7.71. The van der Waals surface area contributed by atoms with E-state index in [1.54, 1.807) is 0 Å². The number of nitrogens with one attached hydrogen (secondary N) is 1. The summed E-state index contributed by atoms with van der Waals surface area (Å²) in [5.74, 6) is -0.952. The number of hydrogen-bond acceptors (Lipinski definition) is 1. The average Bonchev–Trinajstić information content (AvgIpc) is 2.80. The van der Waals surface area contributed by atoms with Crippen LogP contribution in [-0.4, -0.2) is 9.55 Å². The maximum Gasteiger partial charge on any atom is 0.177 e. The number of rotatable bonds is 1.